The molecule has 4 heteroatoms. The summed E-state index contributed by atoms with van der Waals surface area (Å²) in [5.74, 6) is 1.71. The lowest BCUT2D eigenvalue weighted by molar-refractivity contribution is 0.585. The summed E-state index contributed by atoms with van der Waals surface area (Å²) in [7, 11) is 0. The van der Waals surface area contributed by atoms with Crippen LogP contribution >= 0.6 is 16.8 Å². The summed E-state index contributed by atoms with van der Waals surface area (Å²) < 4.78 is 0. The standard InChI is InChI=1S/C7H17OPS2/c1-4-5-7(2)6-11-9(3,8)10/h7H,4-6H2,1-3H3,(H,8,10). The van der Waals surface area contributed by atoms with Crippen LogP contribution in [0, 0.1) is 5.92 Å². The summed E-state index contributed by atoms with van der Waals surface area (Å²) in [5, 5.41) is 0. The van der Waals surface area contributed by atoms with Gasteiger partial charge in [0, 0.05) is 5.75 Å². The van der Waals surface area contributed by atoms with Crippen LogP contribution in [0.5, 0.6) is 0 Å². The number of rotatable bonds is 5. The lowest BCUT2D eigenvalue weighted by Gasteiger charge is -2.12. The third kappa shape index (κ3) is 8.87. The second kappa shape index (κ2) is 5.58. The maximum absolute atomic E-state index is 9.32. The molecule has 1 N–H and O–H groups in total. The van der Waals surface area contributed by atoms with E-state index >= 15 is 0 Å². The van der Waals surface area contributed by atoms with Crippen LogP contribution in [0.25, 0.3) is 0 Å². The fourth-order valence-corrected chi connectivity index (χ4v) is 3.68. The summed E-state index contributed by atoms with van der Waals surface area (Å²) in [4.78, 5) is 9.32. The average molecular weight is 212 g/mol. The minimum absolute atomic E-state index is 0.694. The van der Waals surface area contributed by atoms with Crippen LogP contribution in [0.2, 0.25) is 0 Å². The van der Waals surface area contributed by atoms with Crippen molar-refractivity contribution in [3.8, 4) is 0 Å². The van der Waals surface area contributed by atoms with Crippen LogP contribution in [0.15, 0.2) is 0 Å². The second-order valence-electron chi connectivity index (χ2n) is 2.99. The highest BCUT2D eigenvalue weighted by Gasteiger charge is 2.08. The van der Waals surface area contributed by atoms with E-state index in [2.05, 4.69) is 13.8 Å². The molecular weight excluding hydrogens is 195 g/mol. The van der Waals surface area contributed by atoms with Crippen LogP contribution in [0.4, 0.5) is 0 Å². The summed E-state index contributed by atoms with van der Waals surface area (Å²) >= 11 is 6.48. The predicted octanol–water partition coefficient (Wildman–Crippen LogP) is 3.09. The molecule has 0 aromatic carbocycles. The maximum atomic E-state index is 9.32. The van der Waals surface area contributed by atoms with Crippen molar-refractivity contribution in [3.05, 3.63) is 0 Å². The van der Waals surface area contributed by atoms with Gasteiger partial charge in [-0.1, -0.05) is 49.9 Å². The third-order valence-electron chi connectivity index (χ3n) is 1.38. The lowest BCUT2D eigenvalue weighted by atomic mass is 10.1. The smallest absolute Gasteiger partial charge is 0.113 e. The summed E-state index contributed by atoms with van der Waals surface area (Å²) in [6.45, 7) is 6.16. The van der Waals surface area contributed by atoms with Gasteiger partial charge in [0.1, 0.15) is 5.47 Å². The van der Waals surface area contributed by atoms with Gasteiger partial charge in [-0.25, -0.2) is 0 Å². The van der Waals surface area contributed by atoms with E-state index in [4.69, 9.17) is 11.8 Å². The Labute approximate surface area is 78.8 Å². The number of hydrogen-bond donors (Lipinski definition) is 1. The van der Waals surface area contributed by atoms with Gasteiger partial charge in [-0.3, -0.25) is 0 Å². The van der Waals surface area contributed by atoms with E-state index < -0.39 is 5.47 Å². The molecule has 0 radical (unpaired) electrons. The zero-order chi connectivity index (χ0) is 8.91. The highest BCUT2D eigenvalue weighted by atomic mass is 32.9. The van der Waals surface area contributed by atoms with E-state index in [0.29, 0.717) is 5.92 Å². The fraction of sp³-hybridized carbons (Fsp3) is 1.00. The van der Waals surface area contributed by atoms with Crippen molar-refractivity contribution >= 4 is 28.7 Å². The number of hydrogen-bond acceptors (Lipinski definition) is 2. The van der Waals surface area contributed by atoms with Gasteiger partial charge >= 0.3 is 0 Å². The summed E-state index contributed by atoms with van der Waals surface area (Å²) in [6, 6.07) is 0. The molecule has 68 valence electrons. The second-order valence-corrected chi connectivity index (χ2v) is 10.9. The first-order valence-electron chi connectivity index (χ1n) is 3.90. The molecule has 0 spiro atoms. The van der Waals surface area contributed by atoms with Gasteiger partial charge in [0.2, 0.25) is 0 Å². The molecule has 0 rings (SSSR count). The van der Waals surface area contributed by atoms with E-state index in [9.17, 15) is 4.89 Å². The van der Waals surface area contributed by atoms with Crippen molar-refractivity contribution in [3.63, 3.8) is 0 Å². The van der Waals surface area contributed by atoms with Gasteiger partial charge < -0.3 is 4.89 Å². The van der Waals surface area contributed by atoms with Crippen molar-refractivity contribution < 1.29 is 4.89 Å². The van der Waals surface area contributed by atoms with Gasteiger partial charge in [-0.2, -0.15) is 0 Å². The molecule has 0 aromatic heterocycles. The van der Waals surface area contributed by atoms with Gasteiger partial charge in [0.05, 0.1) is 0 Å². The molecule has 0 bridgehead atoms. The summed E-state index contributed by atoms with van der Waals surface area (Å²) in [5.41, 5.74) is -1.99. The SMILES string of the molecule is CCCC(C)CSP(C)(O)=S. The Bertz CT molecular complexity index is 143. The Morgan fingerprint density at radius 1 is 1.64 bits per heavy atom. The van der Waals surface area contributed by atoms with Crippen LogP contribution in [-0.2, 0) is 11.8 Å². The maximum Gasteiger partial charge on any atom is 0.113 e. The normalized spacial score (nSPS) is 19.3. The Morgan fingerprint density at radius 2 is 2.18 bits per heavy atom. The predicted molar refractivity (Wildman–Crippen MR) is 59.0 cm³/mol. The van der Waals surface area contributed by atoms with Gasteiger partial charge in [0.25, 0.3) is 0 Å². The largest absolute Gasteiger partial charge is 0.357 e. The third-order valence-corrected chi connectivity index (χ3v) is 5.41. The molecule has 0 saturated heterocycles. The molecular formula is C7H17OPS2. The van der Waals surface area contributed by atoms with E-state index in [1.807, 2.05) is 0 Å². The zero-order valence-corrected chi connectivity index (χ0v) is 9.94. The molecule has 0 aliphatic rings. The quantitative estimate of drug-likeness (QED) is 0.707. The van der Waals surface area contributed by atoms with E-state index in [-0.39, 0.29) is 0 Å². The Hall–Kier alpha value is 0.960. The molecule has 0 aliphatic heterocycles. The molecule has 0 saturated carbocycles. The van der Waals surface area contributed by atoms with E-state index in [1.165, 1.54) is 12.8 Å². The van der Waals surface area contributed by atoms with Crippen LogP contribution in [0.1, 0.15) is 26.7 Å². The highest BCUT2D eigenvalue weighted by Crippen LogP contribution is 2.51. The minimum Gasteiger partial charge on any atom is -0.357 e. The van der Waals surface area contributed by atoms with Crippen molar-refractivity contribution in [1.82, 2.24) is 0 Å². The first-order valence-corrected chi connectivity index (χ1v) is 8.69. The Morgan fingerprint density at radius 3 is 2.55 bits per heavy atom. The van der Waals surface area contributed by atoms with E-state index in [1.54, 1.807) is 18.0 Å². The molecule has 0 aliphatic carbocycles. The van der Waals surface area contributed by atoms with Gasteiger partial charge in [0.15, 0.2) is 0 Å². The van der Waals surface area contributed by atoms with Crippen molar-refractivity contribution in [2.24, 2.45) is 5.92 Å². The van der Waals surface area contributed by atoms with Gasteiger partial charge in [-0.15, -0.1) is 0 Å². The minimum atomic E-state index is -1.99. The average Bonchev–Trinajstić information content (AvgIpc) is 1.83. The van der Waals surface area contributed by atoms with Gasteiger partial charge in [-0.05, 0) is 12.6 Å². The Balaban J connectivity index is 3.46. The van der Waals surface area contributed by atoms with Crippen LogP contribution in [0.3, 0.4) is 0 Å². The molecule has 0 fully saturated rings. The molecule has 11 heavy (non-hydrogen) atoms. The fourth-order valence-electron chi connectivity index (χ4n) is 0.842. The monoisotopic (exact) mass is 212 g/mol. The van der Waals surface area contributed by atoms with Crippen molar-refractivity contribution in [2.75, 3.05) is 12.4 Å². The van der Waals surface area contributed by atoms with Crippen LogP contribution < -0.4 is 0 Å². The molecule has 0 aromatic rings. The lowest BCUT2D eigenvalue weighted by Crippen LogP contribution is -1.96. The topological polar surface area (TPSA) is 20.2 Å². The van der Waals surface area contributed by atoms with Crippen molar-refractivity contribution in [1.29, 1.82) is 0 Å². The van der Waals surface area contributed by atoms with Crippen LogP contribution in [-0.4, -0.2) is 17.3 Å². The first kappa shape index (κ1) is 12.0. The van der Waals surface area contributed by atoms with Crippen molar-refractivity contribution in [2.45, 2.75) is 26.7 Å². The first-order chi connectivity index (χ1) is 4.95. The van der Waals surface area contributed by atoms with E-state index in [0.717, 1.165) is 5.75 Å². The molecule has 2 unspecified atom stereocenters. The summed E-state index contributed by atoms with van der Waals surface area (Å²) in [6.07, 6.45) is 2.46. The molecule has 0 amide bonds. The zero-order valence-electron chi connectivity index (χ0n) is 7.41. The molecule has 1 nitrogen and oxygen atoms in total. The molecule has 0 heterocycles. The Kier molecular flexibility index (Phi) is 6.07. The highest BCUT2D eigenvalue weighted by molar-refractivity contribution is 8.68. The molecule has 2 atom stereocenters.